The zero-order chi connectivity index (χ0) is 18.7. The molecule has 0 unspecified atom stereocenters. The highest BCUT2D eigenvalue weighted by Gasteiger charge is 2.24. The van der Waals surface area contributed by atoms with Crippen LogP contribution in [0.25, 0.3) is 0 Å². The number of nitrogens with zero attached hydrogens (tertiary/aromatic N) is 2. The van der Waals surface area contributed by atoms with Crippen molar-refractivity contribution in [2.75, 3.05) is 31.1 Å². The summed E-state index contributed by atoms with van der Waals surface area (Å²) in [6.45, 7) is 9.68. The van der Waals surface area contributed by atoms with Crippen LogP contribution in [0.5, 0.6) is 0 Å². The first-order valence-corrected chi connectivity index (χ1v) is 9.32. The molecule has 26 heavy (non-hydrogen) atoms. The zero-order valence-electron chi connectivity index (χ0n) is 15.8. The van der Waals surface area contributed by atoms with E-state index in [2.05, 4.69) is 43.9 Å². The Labute approximate surface area is 155 Å². The van der Waals surface area contributed by atoms with Crippen LogP contribution < -0.4 is 4.90 Å². The number of halogens is 1. The van der Waals surface area contributed by atoms with Crippen molar-refractivity contribution < 1.29 is 9.18 Å². The summed E-state index contributed by atoms with van der Waals surface area (Å²) < 4.78 is 13.3. The van der Waals surface area contributed by atoms with Crippen LogP contribution in [0.4, 0.5) is 10.1 Å². The predicted molar refractivity (Wildman–Crippen MR) is 104 cm³/mol. The van der Waals surface area contributed by atoms with Crippen LogP contribution in [0.15, 0.2) is 42.5 Å². The lowest BCUT2D eigenvalue weighted by Gasteiger charge is -2.38. The van der Waals surface area contributed by atoms with Gasteiger partial charge < -0.3 is 9.80 Å². The summed E-state index contributed by atoms with van der Waals surface area (Å²) in [5.41, 5.74) is 4.71. The van der Waals surface area contributed by atoms with Gasteiger partial charge in [0.15, 0.2) is 0 Å². The van der Waals surface area contributed by atoms with Gasteiger partial charge in [-0.05, 0) is 41.7 Å². The fraction of sp³-hybridized carbons (Fsp3) is 0.409. The largest absolute Gasteiger partial charge is 0.368 e. The summed E-state index contributed by atoms with van der Waals surface area (Å²) in [5, 5.41) is 0. The summed E-state index contributed by atoms with van der Waals surface area (Å²) in [6, 6.07) is 12.8. The molecule has 2 aromatic carbocycles. The molecule has 138 valence electrons. The summed E-state index contributed by atoms with van der Waals surface area (Å²) in [7, 11) is 0. The van der Waals surface area contributed by atoms with E-state index in [0.29, 0.717) is 19.0 Å². The van der Waals surface area contributed by atoms with Gasteiger partial charge in [-0.15, -0.1) is 0 Å². The monoisotopic (exact) mass is 354 g/mol. The lowest BCUT2D eigenvalue weighted by Crippen LogP contribution is -2.49. The number of para-hydroxylation sites is 1. The van der Waals surface area contributed by atoms with Gasteiger partial charge in [0.2, 0.25) is 5.91 Å². The Hall–Kier alpha value is -2.36. The molecule has 0 atom stereocenters. The predicted octanol–water partition coefficient (Wildman–Crippen LogP) is 4.15. The number of carbonyl (C=O) groups is 1. The van der Waals surface area contributed by atoms with Crippen LogP contribution in [-0.2, 0) is 11.2 Å². The molecule has 1 amide bonds. The lowest BCUT2D eigenvalue weighted by molar-refractivity contribution is -0.130. The number of benzene rings is 2. The van der Waals surface area contributed by atoms with E-state index in [-0.39, 0.29) is 18.1 Å². The highest BCUT2D eigenvalue weighted by Crippen LogP contribution is 2.31. The molecule has 4 heteroatoms. The molecule has 3 rings (SSSR count). The minimum Gasteiger partial charge on any atom is -0.368 e. The molecular formula is C22H27FN2O. The number of hydrogen-bond acceptors (Lipinski definition) is 2. The molecule has 0 N–H and O–H groups in total. The Bertz CT molecular complexity index is 779. The summed E-state index contributed by atoms with van der Waals surface area (Å²) in [5.74, 6) is 0.252. The molecule has 0 aromatic heterocycles. The number of piperazine rings is 1. The third-order valence-corrected chi connectivity index (χ3v) is 5.08. The average Bonchev–Trinajstić information content (AvgIpc) is 2.61. The van der Waals surface area contributed by atoms with Gasteiger partial charge in [0.05, 0.1) is 6.42 Å². The van der Waals surface area contributed by atoms with Crippen LogP contribution in [0.2, 0.25) is 0 Å². The Morgan fingerprint density at radius 2 is 1.77 bits per heavy atom. The SMILES string of the molecule is Cc1cccc(C(C)C)c1N1CCN(C(=O)Cc2cccc(F)c2)CC1. The third-order valence-electron chi connectivity index (χ3n) is 5.08. The molecule has 0 spiro atoms. The topological polar surface area (TPSA) is 23.6 Å². The maximum Gasteiger partial charge on any atom is 0.227 e. The zero-order valence-corrected chi connectivity index (χ0v) is 15.8. The number of rotatable bonds is 4. The Balaban J connectivity index is 1.65. The number of carbonyl (C=O) groups excluding carboxylic acids is 1. The van der Waals surface area contributed by atoms with E-state index >= 15 is 0 Å². The van der Waals surface area contributed by atoms with E-state index < -0.39 is 0 Å². The van der Waals surface area contributed by atoms with Gasteiger partial charge in [-0.25, -0.2) is 4.39 Å². The first-order valence-electron chi connectivity index (χ1n) is 9.32. The minimum absolute atomic E-state index is 0.0733. The van der Waals surface area contributed by atoms with Gasteiger partial charge in [0, 0.05) is 31.9 Å². The lowest BCUT2D eigenvalue weighted by atomic mass is 9.97. The number of anilines is 1. The van der Waals surface area contributed by atoms with Crippen LogP contribution >= 0.6 is 0 Å². The van der Waals surface area contributed by atoms with Gasteiger partial charge in [0.1, 0.15) is 5.82 Å². The molecule has 1 heterocycles. The van der Waals surface area contributed by atoms with Gasteiger partial charge >= 0.3 is 0 Å². The van der Waals surface area contributed by atoms with Gasteiger partial charge in [-0.2, -0.15) is 0 Å². The number of hydrogen-bond donors (Lipinski definition) is 0. The molecule has 1 aliphatic rings. The fourth-order valence-corrected chi connectivity index (χ4v) is 3.69. The van der Waals surface area contributed by atoms with Crippen molar-refractivity contribution >= 4 is 11.6 Å². The molecule has 0 radical (unpaired) electrons. The van der Waals surface area contributed by atoms with Crippen LogP contribution in [0, 0.1) is 12.7 Å². The van der Waals surface area contributed by atoms with Crippen molar-refractivity contribution in [2.24, 2.45) is 0 Å². The van der Waals surface area contributed by atoms with Crippen molar-refractivity contribution in [3.63, 3.8) is 0 Å². The molecule has 0 bridgehead atoms. The second-order valence-electron chi connectivity index (χ2n) is 7.34. The van der Waals surface area contributed by atoms with E-state index in [9.17, 15) is 9.18 Å². The number of amides is 1. The maximum absolute atomic E-state index is 13.3. The molecule has 1 aliphatic heterocycles. The second-order valence-corrected chi connectivity index (χ2v) is 7.34. The average molecular weight is 354 g/mol. The van der Waals surface area contributed by atoms with E-state index in [1.54, 1.807) is 12.1 Å². The quantitative estimate of drug-likeness (QED) is 0.823. The second kappa shape index (κ2) is 7.90. The van der Waals surface area contributed by atoms with Gasteiger partial charge in [-0.1, -0.05) is 44.2 Å². The Morgan fingerprint density at radius 3 is 2.42 bits per heavy atom. The van der Waals surface area contributed by atoms with Crippen molar-refractivity contribution in [3.05, 3.63) is 65.0 Å². The van der Waals surface area contributed by atoms with E-state index in [0.717, 1.165) is 18.7 Å². The first-order chi connectivity index (χ1) is 12.5. The Morgan fingerprint density at radius 1 is 1.08 bits per heavy atom. The van der Waals surface area contributed by atoms with Gasteiger partial charge in [0.25, 0.3) is 0 Å². The van der Waals surface area contributed by atoms with Crippen molar-refractivity contribution in [1.82, 2.24) is 4.90 Å². The summed E-state index contributed by atoms with van der Waals surface area (Å²) in [4.78, 5) is 16.8. The molecule has 1 fully saturated rings. The molecule has 0 aliphatic carbocycles. The van der Waals surface area contributed by atoms with Crippen molar-refractivity contribution in [1.29, 1.82) is 0 Å². The number of aryl methyl sites for hydroxylation is 1. The van der Waals surface area contributed by atoms with E-state index in [1.165, 1.54) is 28.9 Å². The summed E-state index contributed by atoms with van der Waals surface area (Å²) >= 11 is 0. The fourth-order valence-electron chi connectivity index (χ4n) is 3.69. The Kier molecular flexibility index (Phi) is 5.60. The normalized spacial score (nSPS) is 14.8. The highest BCUT2D eigenvalue weighted by atomic mass is 19.1. The summed E-state index contributed by atoms with van der Waals surface area (Å²) in [6.07, 6.45) is 0.263. The van der Waals surface area contributed by atoms with Crippen molar-refractivity contribution in [3.8, 4) is 0 Å². The minimum atomic E-state index is -0.291. The first kappa shape index (κ1) is 18.4. The van der Waals surface area contributed by atoms with Crippen LogP contribution in [-0.4, -0.2) is 37.0 Å². The highest BCUT2D eigenvalue weighted by molar-refractivity contribution is 5.79. The van der Waals surface area contributed by atoms with Crippen molar-refractivity contribution in [2.45, 2.75) is 33.1 Å². The maximum atomic E-state index is 13.3. The van der Waals surface area contributed by atoms with Crippen LogP contribution in [0.1, 0.15) is 36.5 Å². The molecule has 0 saturated carbocycles. The third kappa shape index (κ3) is 4.06. The van der Waals surface area contributed by atoms with E-state index in [4.69, 9.17) is 0 Å². The molecule has 3 nitrogen and oxygen atoms in total. The molecule has 2 aromatic rings. The van der Waals surface area contributed by atoms with E-state index in [1.807, 2.05) is 4.90 Å². The molecule has 1 saturated heterocycles. The standard InChI is InChI=1S/C22H27FN2O/c1-16(2)20-9-4-6-17(3)22(20)25-12-10-24(11-13-25)21(26)15-18-7-5-8-19(23)14-18/h4-9,14,16H,10-13,15H2,1-3H3. The smallest absolute Gasteiger partial charge is 0.227 e. The molecular weight excluding hydrogens is 327 g/mol. The van der Waals surface area contributed by atoms with Gasteiger partial charge in [-0.3, -0.25) is 4.79 Å². The van der Waals surface area contributed by atoms with Crippen LogP contribution in [0.3, 0.4) is 0 Å².